The fraction of sp³-hybridized carbons (Fsp3) is 0.417. The van der Waals surface area contributed by atoms with Gasteiger partial charge in [0.15, 0.2) is 6.23 Å². The maximum atomic E-state index is 11.8. The van der Waals surface area contributed by atoms with E-state index in [1.165, 1.54) is 17.2 Å². The maximum Gasteiger partial charge on any atom is 0.490 e. The molecule has 0 aromatic heterocycles. The summed E-state index contributed by atoms with van der Waals surface area (Å²) in [5.41, 5.74) is 6.05. The summed E-state index contributed by atoms with van der Waals surface area (Å²) in [6.07, 6.45) is -3.27. The molecule has 8 N–H and O–H groups in total. The van der Waals surface area contributed by atoms with Gasteiger partial charge in [-0.15, -0.1) is 0 Å². The number of nitrogens with zero attached hydrogens (tertiary/aromatic N) is 2. The molecule has 2 rings (SSSR count). The lowest BCUT2D eigenvalue weighted by Crippen LogP contribution is -2.42. The number of aliphatic hydroxyl groups is 2. The Morgan fingerprint density at radius 3 is 2.32 bits per heavy atom. The van der Waals surface area contributed by atoms with E-state index in [2.05, 4.69) is 31.3 Å². The topological polar surface area (TPSA) is 251 Å². The van der Waals surface area contributed by atoms with E-state index in [9.17, 15) is 28.8 Å². The molecule has 176 valence electrons. The predicted octanol–water partition coefficient (Wildman–Crippen LogP) is -1.01. The standard InChI is InChI=1S/C12H20N3O13P3/c1-3-7-4-15(6(2)14-11(7)13)12-10(17)9(16)8(26-12)5-25-30(21,22)28-31(23,24)27-29(18,19)20/h3-4,8-10,12,16-17H,1-2,5H2,(H2,13,14)(H,21,22)(H,23,24)(H2,18,19,20). The molecule has 0 radical (unpaired) electrons. The number of hydrogen-bond acceptors (Lipinski definition) is 12. The van der Waals surface area contributed by atoms with Gasteiger partial charge in [0, 0.05) is 11.8 Å². The smallest absolute Gasteiger partial charge is 0.387 e. The van der Waals surface area contributed by atoms with Crippen molar-refractivity contribution in [3.8, 4) is 0 Å². The van der Waals surface area contributed by atoms with Crippen LogP contribution in [0.15, 0.2) is 41.8 Å². The highest BCUT2D eigenvalue weighted by Crippen LogP contribution is 2.66. The normalized spacial score (nSPS) is 30.9. The van der Waals surface area contributed by atoms with E-state index in [1.54, 1.807) is 0 Å². The molecule has 0 amide bonds. The van der Waals surface area contributed by atoms with Crippen LogP contribution in [0.1, 0.15) is 0 Å². The van der Waals surface area contributed by atoms with Crippen molar-refractivity contribution in [2.45, 2.75) is 24.5 Å². The van der Waals surface area contributed by atoms with Crippen molar-refractivity contribution in [3.05, 3.63) is 36.8 Å². The number of aliphatic hydroxyl groups excluding tert-OH is 2. The number of amidine groups is 1. The Morgan fingerprint density at radius 2 is 1.77 bits per heavy atom. The van der Waals surface area contributed by atoms with Gasteiger partial charge in [0.05, 0.1) is 6.61 Å². The largest absolute Gasteiger partial charge is 0.490 e. The molecule has 6 atom stereocenters. The van der Waals surface area contributed by atoms with Gasteiger partial charge in [-0.3, -0.25) is 4.52 Å². The second-order valence-corrected chi connectivity index (χ2v) is 10.5. The quantitative estimate of drug-likeness (QED) is 0.185. The Morgan fingerprint density at radius 1 is 1.16 bits per heavy atom. The molecule has 2 aliphatic rings. The average molecular weight is 507 g/mol. The zero-order chi connectivity index (χ0) is 23.8. The van der Waals surface area contributed by atoms with Crippen LogP contribution in [0.4, 0.5) is 0 Å². The number of ether oxygens (including phenoxy) is 1. The Balaban J connectivity index is 2.06. The van der Waals surface area contributed by atoms with Crippen LogP contribution in [-0.4, -0.2) is 71.7 Å². The Bertz CT molecular complexity index is 945. The molecule has 0 aromatic carbocycles. The van der Waals surface area contributed by atoms with Crippen molar-refractivity contribution in [1.29, 1.82) is 0 Å². The third-order valence-corrected chi connectivity index (χ3v) is 7.57. The molecular formula is C12H20N3O13P3. The van der Waals surface area contributed by atoms with Gasteiger partial charge >= 0.3 is 23.5 Å². The number of nitrogens with two attached hydrogens (primary N) is 1. The first kappa shape index (κ1) is 26.0. The summed E-state index contributed by atoms with van der Waals surface area (Å²) >= 11 is 0. The average Bonchev–Trinajstić information content (AvgIpc) is 2.85. The highest BCUT2D eigenvalue weighted by molar-refractivity contribution is 7.66. The van der Waals surface area contributed by atoms with Gasteiger partial charge in [-0.2, -0.15) is 8.62 Å². The maximum absolute atomic E-state index is 11.8. The van der Waals surface area contributed by atoms with Crippen LogP contribution in [0.5, 0.6) is 0 Å². The van der Waals surface area contributed by atoms with Crippen LogP contribution in [0.2, 0.25) is 0 Å². The summed E-state index contributed by atoms with van der Waals surface area (Å²) in [6.45, 7) is 6.22. The van der Waals surface area contributed by atoms with Gasteiger partial charge in [-0.25, -0.2) is 18.7 Å². The minimum Gasteiger partial charge on any atom is -0.387 e. The molecule has 16 nitrogen and oxygen atoms in total. The van der Waals surface area contributed by atoms with E-state index in [0.29, 0.717) is 5.57 Å². The number of phosphoric acid groups is 3. The zero-order valence-corrected chi connectivity index (χ0v) is 18.1. The predicted molar refractivity (Wildman–Crippen MR) is 101 cm³/mol. The van der Waals surface area contributed by atoms with E-state index in [1.807, 2.05) is 0 Å². The molecule has 0 aromatic rings. The molecule has 31 heavy (non-hydrogen) atoms. The highest BCUT2D eigenvalue weighted by Gasteiger charge is 2.48. The molecule has 1 saturated heterocycles. The first-order valence-electron chi connectivity index (χ1n) is 8.01. The molecule has 0 spiro atoms. The van der Waals surface area contributed by atoms with Gasteiger partial charge < -0.3 is 45.2 Å². The molecule has 0 bridgehead atoms. The van der Waals surface area contributed by atoms with E-state index < -0.39 is 54.6 Å². The van der Waals surface area contributed by atoms with Gasteiger partial charge in [0.2, 0.25) is 0 Å². The van der Waals surface area contributed by atoms with Gasteiger partial charge in [-0.05, 0) is 0 Å². The third-order valence-electron chi connectivity index (χ3n) is 3.77. The molecule has 0 aliphatic carbocycles. The van der Waals surface area contributed by atoms with Crippen molar-refractivity contribution in [1.82, 2.24) is 4.90 Å². The lowest BCUT2D eigenvalue weighted by Gasteiger charge is -2.31. The minimum absolute atomic E-state index is 0.0351. The van der Waals surface area contributed by atoms with E-state index in [4.69, 9.17) is 25.2 Å². The van der Waals surface area contributed by atoms with Crippen LogP contribution in [-0.2, 0) is 31.6 Å². The lowest BCUT2D eigenvalue weighted by atomic mass is 10.1. The van der Waals surface area contributed by atoms with Crippen LogP contribution in [0, 0.1) is 0 Å². The molecular weight excluding hydrogens is 487 g/mol. The summed E-state index contributed by atoms with van der Waals surface area (Å²) in [5.74, 6) is 0.126. The molecule has 1 fully saturated rings. The summed E-state index contributed by atoms with van der Waals surface area (Å²) in [5, 5.41) is 20.4. The second kappa shape index (κ2) is 9.33. The van der Waals surface area contributed by atoms with Crippen molar-refractivity contribution in [2.24, 2.45) is 10.7 Å². The SMILES string of the molecule is C=CC1=CN(C2OC(COP(=O)(O)OP(=O)(O)OP(=O)(O)O)C(O)C2O)C(=C)N=C1N. The molecule has 2 heterocycles. The summed E-state index contributed by atoms with van der Waals surface area (Å²) in [6, 6.07) is 0. The van der Waals surface area contributed by atoms with Crippen LogP contribution in [0.3, 0.4) is 0 Å². The van der Waals surface area contributed by atoms with Crippen LogP contribution < -0.4 is 5.73 Å². The molecule has 19 heteroatoms. The molecule has 6 unspecified atom stereocenters. The highest BCUT2D eigenvalue weighted by atomic mass is 31.3. The fourth-order valence-electron chi connectivity index (χ4n) is 2.50. The van der Waals surface area contributed by atoms with E-state index in [0.717, 1.165) is 0 Å². The number of aliphatic imine (C=N–C) groups is 1. The number of phosphoric ester groups is 1. The summed E-state index contributed by atoms with van der Waals surface area (Å²) in [4.78, 5) is 40.7. The van der Waals surface area contributed by atoms with Gasteiger partial charge in [0.25, 0.3) is 0 Å². The van der Waals surface area contributed by atoms with E-state index >= 15 is 0 Å². The number of hydrogen-bond donors (Lipinski definition) is 7. The lowest BCUT2D eigenvalue weighted by molar-refractivity contribution is -0.0686. The second-order valence-electron chi connectivity index (χ2n) is 6.04. The van der Waals surface area contributed by atoms with Crippen molar-refractivity contribution in [2.75, 3.05) is 6.61 Å². The van der Waals surface area contributed by atoms with E-state index in [-0.39, 0.29) is 11.7 Å². The van der Waals surface area contributed by atoms with Crippen molar-refractivity contribution >= 4 is 29.3 Å². The first-order valence-corrected chi connectivity index (χ1v) is 12.5. The monoisotopic (exact) mass is 507 g/mol. The molecule has 2 aliphatic heterocycles. The number of rotatable bonds is 9. The first-order chi connectivity index (χ1) is 14.1. The Labute approximate surface area is 175 Å². The molecule has 0 saturated carbocycles. The van der Waals surface area contributed by atoms with Crippen molar-refractivity contribution in [3.63, 3.8) is 0 Å². The third kappa shape index (κ3) is 6.88. The summed E-state index contributed by atoms with van der Waals surface area (Å²) in [7, 11) is -16.7. The van der Waals surface area contributed by atoms with Crippen LogP contribution >= 0.6 is 23.5 Å². The Hall–Kier alpha value is -1.22. The van der Waals surface area contributed by atoms with Gasteiger partial charge in [0.1, 0.15) is 30.0 Å². The Kier molecular flexibility index (Phi) is 7.84. The van der Waals surface area contributed by atoms with Gasteiger partial charge in [-0.1, -0.05) is 19.2 Å². The minimum atomic E-state index is -5.70. The summed E-state index contributed by atoms with van der Waals surface area (Å²) < 4.78 is 50.7. The van der Waals surface area contributed by atoms with Crippen LogP contribution in [0.25, 0.3) is 0 Å². The fourth-order valence-corrected chi connectivity index (χ4v) is 5.53. The van der Waals surface area contributed by atoms with Crippen molar-refractivity contribution < 1.29 is 61.4 Å². The zero-order valence-electron chi connectivity index (χ0n) is 15.4.